The van der Waals surface area contributed by atoms with Crippen LogP contribution in [0.2, 0.25) is 0 Å². The van der Waals surface area contributed by atoms with E-state index < -0.39 is 11.6 Å². The van der Waals surface area contributed by atoms with Gasteiger partial charge in [0.2, 0.25) is 0 Å². The summed E-state index contributed by atoms with van der Waals surface area (Å²) in [5, 5.41) is 4.30. The average Bonchev–Trinajstić information content (AvgIpc) is 3.16. The zero-order valence-corrected chi connectivity index (χ0v) is 14.2. The first-order valence-electron chi connectivity index (χ1n) is 8.66. The number of carbonyl (C=O) groups excluding carboxylic acids is 2. The topological polar surface area (TPSA) is 64.4 Å². The minimum Gasteiger partial charge on any atom is -0.445 e. The molecule has 0 radical (unpaired) electrons. The van der Waals surface area contributed by atoms with Crippen LogP contribution in [0.4, 0.5) is 0 Å². The number of aromatic nitrogens is 2. The van der Waals surface area contributed by atoms with Gasteiger partial charge in [-0.15, -0.1) is 0 Å². The fraction of sp³-hybridized carbons (Fsp3) is 0.421. The second-order valence-electron chi connectivity index (χ2n) is 6.99. The lowest BCUT2D eigenvalue weighted by Gasteiger charge is -2.40. The van der Waals surface area contributed by atoms with Crippen molar-refractivity contribution in [2.75, 3.05) is 13.1 Å². The minimum atomic E-state index is -1.14. The van der Waals surface area contributed by atoms with Gasteiger partial charge in [-0.05, 0) is 37.5 Å². The van der Waals surface area contributed by atoms with Crippen molar-refractivity contribution in [1.82, 2.24) is 14.7 Å². The van der Waals surface area contributed by atoms with Crippen LogP contribution < -0.4 is 0 Å². The zero-order chi connectivity index (χ0) is 17.4. The van der Waals surface area contributed by atoms with Crippen molar-refractivity contribution in [3.05, 3.63) is 53.9 Å². The number of ether oxygens (including phenoxy) is 1. The van der Waals surface area contributed by atoms with Gasteiger partial charge in [0.25, 0.3) is 5.91 Å². The van der Waals surface area contributed by atoms with E-state index in [1.807, 2.05) is 40.0 Å². The van der Waals surface area contributed by atoms with Crippen LogP contribution in [0.5, 0.6) is 0 Å². The summed E-state index contributed by atoms with van der Waals surface area (Å²) in [7, 11) is 0. The molecule has 1 saturated heterocycles. The molecule has 1 amide bonds. The number of likely N-dealkylation sites (tertiary alicyclic amines) is 1. The summed E-state index contributed by atoms with van der Waals surface area (Å²) in [6.07, 6.45) is 6.00. The van der Waals surface area contributed by atoms with Crippen molar-refractivity contribution in [3.8, 4) is 0 Å². The predicted molar refractivity (Wildman–Crippen MR) is 91.0 cm³/mol. The van der Waals surface area contributed by atoms with Gasteiger partial charge < -0.3 is 9.64 Å². The van der Waals surface area contributed by atoms with Gasteiger partial charge in [-0.25, -0.2) is 4.79 Å². The number of nitrogens with zero attached hydrogens (tertiary/aromatic N) is 3. The van der Waals surface area contributed by atoms with E-state index in [-0.39, 0.29) is 11.9 Å². The molecule has 2 aliphatic rings. The Hall–Kier alpha value is -2.63. The Morgan fingerprint density at radius 1 is 1.32 bits per heavy atom. The quantitative estimate of drug-likeness (QED) is 0.787. The maximum Gasteiger partial charge on any atom is 0.339 e. The highest BCUT2D eigenvalue weighted by atomic mass is 16.6. The summed E-state index contributed by atoms with van der Waals surface area (Å²) >= 11 is 0. The van der Waals surface area contributed by atoms with E-state index in [9.17, 15) is 9.59 Å². The Kier molecular flexibility index (Phi) is 3.82. The Balaban J connectivity index is 1.55. The molecule has 3 heterocycles. The van der Waals surface area contributed by atoms with Crippen LogP contribution in [0, 0.1) is 0 Å². The molecule has 1 aromatic heterocycles. The molecule has 25 heavy (non-hydrogen) atoms. The van der Waals surface area contributed by atoms with Gasteiger partial charge in [-0.1, -0.05) is 18.2 Å². The van der Waals surface area contributed by atoms with Crippen LogP contribution in [0.1, 0.15) is 41.7 Å². The summed E-state index contributed by atoms with van der Waals surface area (Å²) in [6, 6.07) is 9.39. The van der Waals surface area contributed by atoms with Gasteiger partial charge in [0.15, 0.2) is 5.60 Å². The fourth-order valence-corrected chi connectivity index (χ4v) is 3.84. The van der Waals surface area contributed by atoms with Crippen molar-refractivity contribution >= 4 is 11.9 Å². The van der Waals surface area contributed by atoms with Gasteiger partial charge in [0.05, 0.1) is 11.6 Å². The van der Waals surface area contributed by atoms with E-state index in [1.165, 1.54) is 0 Å². The number of fused-ring (bicyclic) bond motifs is 1. The molecule has 6 nitrogen and oxygen atoms in total. The third kappa shape index (κ3) is 2.81. The molecule has 4 rings (SSSR count). The van der Waals surface area contributed by atoms with Gasteiger partial charge in [0, 0.05) is 31.9 Å². The molecular formula is C19H21N3O3. The molecule has 0 saturated carbocycles. The number of hydrogen-bond acceptors (Lipinski definition) is 4. The predicted octanol–water partition coefficient (Wildman–Crippen LogP) is 2.22. The van der Waals surface area contributed by atoms with E-state index >= 15 is 0 Å². The highest BCUT2D eigenvalue weighted by molar-refractivity contribution is 5.97. The molecule has 2 aromatic rings. The average molecular weight is 339 g/mol. The molecule has 1 aromatic carbocycles. The Bertz CT molecular complexity index is 802. The van der Waals surface area contributed by atoms with Crippen molar-refractivity contribution in [3.63, 3.8) is 0 Å². The summed E-state index contributed by atoms with van der Waals surface area (Å²) < 4.78 is 7.50. The van der Waals surface area contributed by atoms with E-state index in [0.29, 0.717) is 25.1 Å². The van der Waals surface area contributed by atoms with Gasteiger partial charge in [0.1, 0.15) is 0 Å². The van der Waals surface area contributed by atoms with Crippen LogP contribution in [0.3, 0.4) is 0 Å². The largest absolute Gasteiger partial charge is 0.445 e. The minimum absolute atomic E-state index is 0.118. The Morgan fingerprint density at radius 3 is 2.96 bits per heavy atom. The SMILES string of the molecule is C[C@]1(C(=O)N2CCC[C@@H](n3cccn3)C2)Cc2ccccc2C(=O)O1. The number of esters is 1. The van der Waals surface area contributed by atoms with E-state index in [1.54, 1.807) is 19.2 Å². The van der Waals surface area contributed by atoms with Crippen LogP contribution >= 0.6 is 0 Å². The lowest BCUT2D eigenvalue weighted by Crippen LogP contribution is -2.55. The van der Waals surface area contributed by atoms with Crippen LogP contribution in [-0.4, -0.2) is 45.2 Å². The van der Waals surface area contributed by atoms with Gasteiger partial charge >= 0.3 is 5.97 Å². The maximum absolute atomic E-state index is 13.2. The second-order valence-corrected chi connectivity index (χ2v) is 6.99. The number of benzene rings is 1. The molecule has 0 N–H and O–H groups in total. The monoisotopic (exact) mass is 339 g/mol. The normalized spacial score (nSPS) is 26.0. The van der Waals surface area contributed by atoms with Crippen molar-refractivity contribution in [2.24, 2.45) is 0 Å². The molecule has 2 aliphatic heterocycles. The van der Waals surface area contributed by atoms with Gasteiger partial charge in [-0.3, -0.25) is 9.48 Å². The Morgan fingerprint density at radius 2 is 2.16 bits per heavy atom. The second kappa shape index (κ2) is 6.02. The summed E-state index contributed by atoms with van der Waals surface area (Å²) in [5.74, 6) is -0.537. The molecule has 6 heteroatoms. The first-order chi connectivity index (χ1) is 12.1. The van der Waals surface area contributed by atoms with Crippen LogP contribution in [0.25, 0.3) is 0 Å². The molecule has 0 spiro atoms. The highest BCUT2D eigenvalue weighted by Crippen LogP contribution is 2.31. The zero-order valence-electron chi connectivity index (χ0n) is 14.2. The van der Waals surface area contributed by atoms with Crippen molar-refractivity contribution in [2.45, 2.75) is 37.8 Å². The molecular weight excluding hydrogens is 318 g/mol. The molecule has 0 unspecified atom stereocenters. The summed E-state index contributed by atoms with van der Waals surface area (Å²) in [5.41, 5.74) is 0.285. The van der Waals surface area contributed by atoms with Gasteiger partial charge in [-0.2, -0.15) is 5.10 Å². The third-order valence-corrected chi connectivity index (χ3v) is 5.12. The van der Waals surface area contributed by atoms with Crippen LogP contribution in [-0.2, 0) is 16.0 Å². The summed E-state index contributed by atoms with van der Waals surface area (Å²) in [4.78, 5) is 27.3. The maximum atomic E-state index is 13.2. The first kappa shape index (κ1) is 15.9. The first-order valence-corrected chi connectivity index (χ1v) is 8.66. The summed E-state index contributed by atoms with van der Waals surface area (Å²) in [6.45, 7) is 3.00. The number of carbonyl (C=O) groups is 2. The highest BCUT2D eigenvalue weighted by Gasteiger charge is 2.45. The lowest BCUT2D eigenvalue weighted by molar-refractivity contribution is -0.152. The van der Waals surface area contributed by atoms with E-state index in [2.05, 4.69) is 5.10 Å². The fourth-order valence-electron chi connectivity index (χ4n) is 3.84. The molecule has 2 atom stereocenters. The Labute approximate surface area is 146 Å². The number of piperidine rings is 1. The van der Waals surface area contributed by atoms with Crippen LogP contribution in [0.15, 0.2) is 42.7 Å². The number of cyclic esters (lactones) is 1. The lowest BCUT2D eigenvalue weighted by atomic mass is 9.88. The molecule has 0 bridgehead atoms. The van der Waals surface area contributed by atoms with E-state index in [4.69, 9.17) is 4.74 Å². The third-order valence-electron chi connectivity index (χ3n) is 5.12. The van der Waals surface area contributed by atoms with E-state index in [0.717, 1.165) is 18.4 Å². The standard InChI is InChI=1S/C19H21N3O3/c1-19(12-14-6-2-3-8-16(14)17(23)25-19)18(24)21-10-4-7-15(13-21)22-11-5-9-20-22/h2-3,5-6,8-9,11,15H,4,7,10,12-13H2,1H3/t15-,19-/m1/s1. The molecule has 130 valence electrons. The number of hydrogen-bond donors (Lipinski definition) is 0. The number of amides is 1. The van der Waals surface area contributed by atoms with Crippen molar-refractivity contribution in [1.29, 1.82) is 0 Å². The van der Waals surface area contributed by atoms with Crippen molar-refractivity contribution < 1.29 is 14.3 Å². The molecule has 1 fully saturated rings. The number of rotatable bonds is 2. The smallest absolute Gasteiger partial charge is 0.339 e. The molecule has 0 aliphatic carbocycles.